The van der Waals surface area contributed by atoms with Gasteiger partial charge in [-0.1, -0.05) is 0 Å². The number of anilines is 1. The van der Waals surface area contributed by atoms with Crippen molar-refractivity contribution in [3.8, 4) is 0 Å². The standard InChI is InChI=1S/C8H14N4O2S/c1-5(15(2,13)14)8-11-4-6(3-9)7(10)12-8/h4-5H,3,9H2,1-2H3,(H2,10,11,12). The first-order valence-corrected chi connectivity index (χ1v) is 6.32. The summed E-state index contributed by atoms with van der Waals surface area (Å²) < 4.78 is 22.5. The molecule has 1 heterocycles. The van der Waals surface area contributed by atoms with E-state index in [9.17, 15) is 8.42 Å². The minimum Gasteiger partial charge on any atom is -0.383 e. The van der Waals surface area contributed by atoms with Crippen molar-refractivity contribution in [1.29, 1.82) is 0 Å². The van der Waals surface area contributed by atoms with Gasteiger partial charge in [-0.2, -0.15) is 0 Å². The number of rotatable bonds is 3. The Bertz CT molecular complexity index is 458. The molecule has 0 saturated carbocycles. The average Bonchev–Trinajstić information content (AvgIpc) is 2.15. The van der Waals surface area contributed by atoms with Gasteiger partial charge in [-0.15, -0.1) is 0 Å². The third kappa shape index (κ3) is 2.63. The molecule has 4 N–H and O–H groups in total. The lowest BCUT2D eigenvalue weighted by Gasteiger charge is -2.09. The van der Waals surface area contributed by atoms with Crippen LogP contribution >= 0.6 is 0 Å². The summed E-state index contributed by atoms with van der Waals surface area (Å²) in [4.78, 5) is 7.84. The van der Waals surface area contributed by atoms with E-state index in [1.54, 1.807) is 0 Å². The first kappa shape index (κ1) is 11.9. The van der Waals surface area contributed by atoms with Crippen molar-refractivity contribution >= 4 is 15.7 Å². The Morgan fingerprint density at radius 2 is 2.13 bits per heavy atom. The van der Waals surface area contributed by atoms with Gasteiger partial charge in [0.1, 0.15) is 16.9 Å². The second kappa shape index (κ2) is 4.11. The van der Waals surface area contributed by atoms with Crippen LogP contribution in [0.2, 0.25) is 0 Å². The van der Waals surface area contributed by atoms with Crippen LogP contribution in [0.3, 0.4) is 0 Å². The van der Waals surface area contributed by atoms with Gasteiger partial charge < -0.3 is 11.5 Å². The Balaban J connectivity index is 3.13. The Labute approximate surface area is 88.6 Å². The van der Waals surface area contributed by atoms with E-state index in [4.69, 9.17) is 11.5 Å². The van der Waals surface area contributed by atoms with E-state index in [2.05, 4.69) is 9.97 Å². The number of aromatic nitrogens is 2. The first-order valence-electron chi connectivity index (χ1n) is 4.36. The van der Waals surface area contributed by atoms with Crippen LogP contribution in [0.1, 0.15) is 23.6 Å². The van der Waals surface area contributed by atoms with Crippen LogP contribution in [0.5, 0.6) is 0 Å². The predicted molar refractivity (Wildman–Crippen MR) is 57.6 cm³/mol. The summed E-state index contributed by atoms with van der Waals surface area (Å²) in [5.74, 6) is 0.435. The molecule has 15 heavy (non-hydrogen) atoms. The van der Waals surface area contributed by atoms with Gasteiger partial charge in [0.15, 0.2) is 9.84 Å². The summed E-state index contributed by atoms with van der Waals surface area (Å²) in [6.07, 6.45) is 2.59. The van der Waals surface area contributed by atoms with E-state index in [0.717, 1.165) is 6.26 Å². The fraction of sp³-hybridized carbons (Fsp3) is 0.500. The van der Waals surface area contributed by atoms with Crippen LogP contribution in [0.15, 0.2) is 6.20 Å². The van der Waals surface area contributed by atoms with Gasteiger partial charge in [-0.05, 0) is 6.92 Å². The summed E-state index contributed by atoms with van der Waals surface area (Å²) >= 11 is 0. The van der Waals surface area contributed by atoms with Crippen molar-refractivity contribution in [3.05, 3.63) is 17.6 Å². The zero-order valence-corrected chi connectivity index (χ0v) is 9.45. The molecular formula is C8H14N4O2S. The summed E-state index contributed by atoms with van der Waals surface area (Å²) in [5.41, 5.74) is 11.6. The highest BCUT2D eigenvalue weighted by Crippen LogP contribution is 2.18. The largest absolute Gasteiger partial charge is 0.383 e. The van der Waals surface area contributed by atoms with Crippen LogP contribution in [0.4, 0.5) is 5.82 Å². The molecule has 0 aliphatic heterocycles. The maximum absolute atomic E-state index is 11.3. The minimum absolute atomic E-state index is 0.201. The molecule has 1 unspecified atom stereocenters. The predicted octanol–water partition coefficient (Wildman–Crippen LogP) is -0.377. The van der Waals surface area contributed by atoms with Crippen molar-refractivity contribution in [2.45, 2.75) is 18.7 Å². The molecule has 1 rings (SSSR count). The molecule has 0 bridgehead atoms. The van der Waals surface area contributed by atoms with E-state index in [-0.39, 0.29) is 18.2 Å². The summed E-state index contributed by atoms with van der Waals surface area (Å²) in [6.45, 7) is 1.76. The molecule has 1 atom stereocenters. The highest BCUT2D eigenvalue weighted by molar-refractivity contribution is 7.90. The molecule has 0 spiro atoms. The monoisotopic (exact) mass is 230 g/mol. The molecule has 0 aliphatic rings. The molecule has 0 saturated heterocycles. The van der Waals surface area contributed by atoms with E-state index in [1.807, 2.05) is 0 Å². The molecule has 7 heteroatoms. The topological polar surface area (TPSA) is 112 Å². The quantitative estimate of drug-likeness (QED) is 0.732. The number of nitrogens with two attached hydrogens (primary N) is 2. The molecular weight excluding hydrogens is 216 g/mol. The number of nitrogens with zero attached hydrogens (tertiary/aromatic N) is 2. The zero-order chi connectivity index (χ0) is 11.6. The molecule has 84 valence electrons. The maximum Gasteiger partial charge on any atom is 0.157 e. The van der Waals surface area contributed by atoms with Crippen molar-refractivity contribution in [3.63, 3.8) is 0 Å². The molecule has 0 radical (unpaired) electrons. The van der Waals surface area contributed by atoms with Gasteiger partial charge in [0.2, 0.25) is 0 Å². The Morgan fingerprint density at radius 1 is 1.53 bits per heavy atom. The number of hydrogen-bond acceptors (Lipinski definition) is 6. The first-order chi connectivity index (χ1) is 6.86. The Morgan fingerprint density at radius 3 is 2.53 bits per heavy atom. The molecule has 0 aliphatic carbocycles. The van der Waals surface area contributed by atoms with Crippen molar-refractivity contribution < 1.29 is 8.42 Å². The van der Waals surface area contributed by atoms with Gasteiger partial charge in [0, 0.05) is 24.6 Å². The molecule has 1 aromatic heterocycles. The van der Waals surface area contributed by atoms with Gasteiger partial charge in [0.25, 0.3) is 0 Å². The van der Waals surface area contributed by atoms with Crippen LogP contribution in [-0.2, 0) is 16.4 Å². The van der Waals surface area contributed by atoms with E-state index in [0.29, 0.717) is 5.56 Å². The van der Waals surface area contributed by atoms with Gasteiger partial charge in [-0.3, -0.25) is 0 Å². The highest BCUT2D eigenvalue weighted by atomic mass is 32.2. The van der Waals surface area contributed by atoms with E-state index >= 15 is 0 Å². The SMILES string of the molecule is CC(c1ncc(CN)c(N)n1)S(C)(=O)=O. The van der Waals surface area contributed by atoms with Crippen LogP contribution in [0, 0.1) is 0 Å². The number of hydrogen-bond donors (Lipinski definition) is 2. The van der Waals surface area contributed by atoms with Gasteiger partial charge in [-0.25, -0.2) is 18.4 Å². The van der Waals surface area contributed by atoms with Crippen LogP contribution < -0.4 is 11.5 Å². The number of nitrogen functional groups attached to an aromatic ring is 1. The Kier molecular flexibility index (Phi) is 3.25. The summed E-state index contributed by atoms with van der Waals surface area (Å²) in [7, 11) is -3.20. The third-order valence-corrected chi connectivity index (χ3v) is 3.64. The van der Waals surface area contributed by atoms with Crippen molar-refractivity contribution in [2.24, 2.45) is 5.73 Å². The van der Waals surface area contributed by atoms with E-state index < -0.39 is 15.1 Å². The fourth-order valence-corrected chi connectivity index (χ4v) is 1.48. The lowest BCUT2D eigenvalue weighted by atomic mass is 10.3. The van der Waals surface area contributed by atoms with Crippen molar-refractivity contribution in [2.75, 3.05) is 12.0 Å². The van der Waals surface area contributed by atoms with Crippen LogP contribution in [-0.4, -0.2) is 24.6 Å². The third-order valence-electron chi connectivity index (χ3n) is 2.14. The summed E-state index contributed by atoms with van der Waals surface area (Å²) in [5, 5.41) is -0.758. The zero-order valence-electron chi connectivity index (χ0n) is 8.64. The maximum atomic E-state index is 11.3. The molecule has 0 aromatic carbocycles. The smallest absolute Gasteiger partial charge is 0.157 e. The second-order valence-corrected chi connectivity index (χ2v) is 5.68. The van der Waals surface area contributed by atoms with Crippen molar-refractivity contribution in [1.82, 2.24) is 9.97 Å². The average molecular weight is 230 g/mol. The molecule has 6 nitrogen and oxygen atoms in total. The minimum atomic E-state index is -3.20. The lowest BCUT2D eigenvalue weighted by molar-refractivity contribution is 0.589. The normalized spacial score (nSPS) is 13.8. The molecule has 0 amide bonds. The fourth-order valence-electron chi connectivity index (χ4n) is 0.979. The highest BCUT2D eigenvalue weighted by Gasteiger charge is 2.20. The molecule has 1 aromatic rings. The second-order valence-electron chi connectivity index (χ2n) is 3.31. The lowest BCUT2D eigenvalue weighted by Crippen LogP contribution is -2.14. The molecule has 0 fully saturated rings. The van der Waals surface area contributed by atoms with Gasteiger partial charge in [0.05, 0.1) is 0 Å². The van der Waals surface area contributed by atoms with E-state index in [1.165, 1.54) is 13.1 Å². The van der Waals surface area contributed by atoms with Crippen LogP contribution in [0.25, 0.3) is 0 Å². The van der Waals surface area contributed by atoms with Gasteiger partial charge >= 0.3 is 0 Å². The Hall–Kier alpha value is -1.21. The number of sulfone groups is 1. The summed E-state index contributed by atoms with van der Waals surface area (Å²) in [6, 6.07) is 0.